The lowest BCUT2D eigenvalue weighted by atomic mass is 10.0. The van der Waals surface area contributed by atoms with Gasteiger partial charge in [-0.3, -0.25) is 0 Å². The number of aliphatic hydroxyl groups excluding tert-OH is 1. The SMILES string of the molecule is C=C(CO)C(=O)Oc1ccc(-c2ccc(OC(=O)C(=C)COC)c(OC(=O)/C=C/c3ccc(CCCC)cc3)c2)cc1. The van der Waals surface area contributed by atoms with Crippen LogP contribution in [-0.2, 0) is 25.5 Å². The molecule has 0 atom stereocenters. The van der Waals surface area contributed by atoms with Gasteiger partial charge >= 0.3 is 17.9 Å². The monoisotopic (exact) mass is 570 g/mol. The van der Waals surface area contributed by atoms with E-state index in [9.17, 15) is 14.4 Å². The minimum absolute atomic E-state index is 0.0189. The van der Waals surface area contributed by atoms with Crippen molar-refractivity contribution in [3.8, 4) is 28.4 Å². The van der Waals surface area contributed by atoms with Gasteiger partial charge in [0.25, 0.3) is 0 Å². The Labute approximate surface area is 245 Å². The number of methoxy groups -OCH3 is 1. The van der Waals surface area contributed by atoms with Crippen molar-refractivity contribution in [2.24, 2.45) is 0 Å². The van der Waals surface area contributed by atoms with Gasteiger partial charge in [-0.05, 0) is 65.4 Å². The standard InChI is InChI=1S/C34H34O8/c1-5-6-7-25-8-10-26(11-9-25)12-19-32(36)41-31-20-28(15-18-30(31)42-34(38)24(3)22-39-4)27-13-16-29(17-14-27)40-33(37)23(2)21-35/h8-20,35H,2-3,5-7,21-22H2,1,4H3/b19-12+. The Morgan fingerprint density at radius 1 is 0.810 bits per heavy atom. The maximum absolute atomic E-state index is 12.8. The highest BCUT2D eigenvalue weighted by Crippen LogP contribution is 2.34. The molecule has 3 aromatic rings. The van der Waals surface area contributed by atoms with E-state index in [0.717, 1.165) is 24.8 Å². The summed E-state index contributed by atoms with van der Waals surface area (Å²) in [5.74, 6) is -1.82. The molecule has 0 aromatic heterocycles. The fraction of sp³-hybridized carbons (Fsp3) is 0.206. The predicted molar refractivity (Wildman–Crippen MR) is 160 cm³/mol. The molecule has 0 saturated heterocycles. The summed E-state index contributed by atoms with van der Waals surface area (Å²) in [6.45, 7) is 8.72. The molecule has 0 amide bonds. The number of hydrogen-bond donors (Lipinski definition) is 1. The van der Waals surface area contributed by atoms with Crippen LogP contribution in [-0.4, -0.2) is 43.3 Å². The number of benzene rings is 3. The summed E-state index contributed by atoms with van der Waals surface area (Å²) in [5, 5.41) is 9.04. The first kappa shape index (κ1) is 31.7. The summed E-state index contributed by atoms with van der Waals surface area (Å²) in [6, 6.07) is 19.2. The zero-order valence-electron chi connectivity index (χ0n) is 23.8. The number of esters is 3. The Morgan fingerprint density at radius 3 is 2.12 bits per heavy atom. The number of unbranched alkanes of at least 4 members (excludes halogenated alkanes) is 1. The Hall–Kier alpha value is -4.79. The lowest BCUT2D eigenvalue weighted by molar-refractivity contribution is -0.132. The molecule has 42 heavy (non-hydrogen) atoms. The lowest BCUT2D eigenvalue weighted by Gasteiger charge is -2.13. The van der Waals surface area contributed by atoms with Gasteiger partial charge in [0.1, 0.15) is 5.75 Å². The van der Waals surface area contributed by atoms with Crippen LogP contribution in [0.15, 0.2) is 97.1 Å². The topological polar surface area (TPSA) is 108 Å². The first-order valence-corrected chi connectivity index (χ1v) is 13.4. The summed E-state index contributed by atoms with van der Waals surface area (Å²) in [4.78, 5) is 37.1. The molecule has 0 saturated carbocycles. The molecule has 0 radical (unpaired) electrons. The van der Waals surface area contributed by atoms with Crippen LogP contribution in [0.25, 0.3) is 17.2 Å². The summed E-state index contributed by atoms with van der Waals surface area (Å²) < 4.78 is 21.2. The molecule has 1 N–H and O–H groups in total. The van der Waals surface area contributed by atoms with Crippen molar-refractivity contribution >= 4 is 24.0 Å². The van der Waals surface area contributed by atoms with Crippen molar-refractivity contribution in [2.75, 3.05) is 20.3 Å². The highest BCUT2D eigenvalue weighted by molar-refractivity contribution is 5.92. The molecule has 218 valence electrons. The highest BCUT2D eigenvalue weighted by atomic mass is 16.6. The molecular weight excluding hydrogens is 536 g/mol. The molecular formula is C34H34O8. The molecule has 0 fully saturated rings. The zero-order chi connectivity index (χ0) is 30.5. The molecule has 0 unspecified atom stereocenters. The van der Waals surface area contributed by atoms with Crippen LogP contribution in [0.3, 0.4) is 0 Å². The number of ether oxygens (including phenoxy) is 4. The third kappa shape index (κ3) is 9.40. The van der Waals surface area contributed by atoms with Crippen molar-refractivity contribution in [1.29, 1.82) is 0 Å². The van der Waals surface area contributed by atoms with Crippen LogP contribution < -0.4 is 14.2 Å². The van der Waals surface area contributed by atoms with Gasteiger partial charge in [-0.1, -0.05) is 69.0 Å². The van der Waals surface area contributed by atoms with Crippen molar-refractivity contribution in [3.63, 3.8) is 0 Å². The second-order valence-electron chi connectivity index (χ2n) is 9.36. The van der Waals surface area contributed by atoms with E-state index >= 15 is 0 Å². The molecule has 0 aliphatic carbocycles. The second-order valence-corrected chi connectivity index (χ2v) is 9.36. The van der Waals surface area contributed by atoms with Gasteiger partial charge in [0.15, 0.2) is 11.5 Å². The maximum Gasteiger partial charge on any atom is 0.341 e. The third-order valence-electron chi connectivity index (χ3n) is 6.05. The van der Waals surface area contributed by atoms with Crippen molar-refractivity contribution in [2.45, 2.75) is 26.2 Å². The van der Waals surface area contributed by atoms with E-state index in [0.29, 0.717) is 11.1 Å². The quantitative estimate of drug-likeness (QED) is 0.146. The molecule has 0 bridgehead atoms. The van der Waals surface area contributed by atoms with Crippen molar-refractivity contribution < 1.29 is 38.4 Å². The summed E-state index contributed by atoms with van der Waals surface area (Å²) in [5.41, 5.74) is 3.44. The molecule has 0 aliphatic heterocycles. The fourth-order valence-corrected chi connectivity index (χ4v) is 3.70. The summed E-state index contributed by atoms with van der Waals surface area (Å²) in [7, 11) is 1.43. The average molecular weight is 571 g/mol. The van der Waals surface area contributed by atoms with Gasteiger partial charge < -0.3 is 24.1 Å². The van der Waals surface area contributed by atoms with Gasteiger partial charge in [0, 0.05) is 13.2 Å². The van der Waals surface area contributed by atoms with Crippen LogP contribution in [0.4, 0.5) is 0 Å². The molecule has 3 aromatic carbocycles. The van der Waals surface area contributed by atoms with E-state index in [1.54, 1.807) is 42.5 Å². The van der Waals surface area contributed by atoms with Crippen molar-refractivity contribution in [1.82, 2.24) is 0 Å². The third-order valence-corrected chi connectivity index (χ3v) is 6.05. The van der Waals surface area contributed by atoms with Crippen molar-refractivity contribution in [3.05, 3.63) is 108 Å². The molecule has 8 nitrogen and oxygen atoms in total. The largest absolute Gasteiger partial charge is 0.423 e. The predicted octanol–water partition coefficient (Wildman–Crippen LogP) is 5.88. The van der Waals surface area contributed by atoms with E-state index < -0.39 is 24.5 Å². The van der Waals surface area contributed by atoms with Crippen LogP contribution in [0, 0.1) is 0 Å². The Morgan fingerprint density at radius 2 is 1.48 bits per heavy atom. The van der Waals surface area contributed by atoms with E-state index in [1.165, 1.54) is 24.8 Å². The van der Waals surface area contributed by atoms with Crippen LogP contribution in [0.2, 0.25) is 0 Å². The number of aryl methyl sites for hydroxylation is 1. The van der Waals surface area contributed by atoms with Gasteiger partial charge in [-0.25, -0.2) is 14.4 Å². The van der Waals surface area contributed by atoms with E-state index in [1.807, 2.05) is 24.3 Å². The zero-order valence-corrected chi connectivity index (χ0v) is 23.8. The normalized spacial score (nSPS) is 10.7. The Bertz CT molecular complexity index is 1450. The second kappa shape index (κ2) is 15.9. The fourth-order valence-electron chi connectivity index (χ4n) is 3.70. The first-order chi connectivity index (χ1) is 20.2. The number of carbonyl (C=O) groups excluding carboxylic acids is 3. The Balaban J connectivity index is 1.82. The average Bonchev–Trinajstić information content (AvgIpc) is 3.00. The maximum atomic E-state index is 12.8. The molecule has 0 aliphatic rings. The van der Waals surface area contributed by atoms with Gasteiger partial charge in [0.2, 0.25) is 0 Å². The molecule has 0 heterocycles. The van der Waals surface area contributed by atoms with Crippen LogP contribution in [0.1, 0.15) is 30.9 Å². The lowest BCUT2D eigenvalue weighted by Crippen LogP contribution is -2.15. The van der Waals surface area contributed by atoms with E-state index in [4.69, 9.17) is 24.1 Å². The Kier molecular flexibility index (Phi) is 12.0. The van der Waals surface area contributed by atoms with E-state index in [2.05, 4.69) is 20.1 Å². The van der Waals surface area contributed by atoms with E-state index in [-0.39, 0.29) is 35.0 Å². The minimum atomic E-state index is -0.735. The van der Waals surface area contributed by atoms with Crippen LogP contribution in [0.5, 0.6) is 17.2 Å². The number of aliphatic hydroxyl groups is 1. The number of carbonyl (C=O) groups is 3. The van der Waals surface area contributed by atoms with Gasteiger partial charge in [0.05, 0.1) is 24.4 Å². The number of hydrogen-bond acceptors (Lipinski definition) is 8. The van der Waals surface area contributed by atoms with Gasteiger partial charge in [-0.15, -0.1) is 0 Å². The summed E-state index contributed by atoms with van der Waals surface area (Å²) in [6.07, 6.45) is 6.18. The van der Waals surface area contributed by atoms with Gasteiger partial charge in [-0.2, -0.15) is 0 Å². The number of rotatable bonds is 14. The summed E-state index contributed by atoms with van der Waals surface area (Å²) >= 11 is 0. The minimum Gasteiger partial charge on any atom is -0.423 e. The van der Waals surface area contributed by atoms with Crippen LogP contribution >= 0.6 is 0 Å². The molecule has 8 heteroatoms. The smallest absolute Gasteiger partial charge is 0.341 e. The highest BCUT2D eigenvalue weighted by Gasteiger charge is 2.17. The molecule has 3 rings (SSSR count). The first-order valence-electron chi connectivity index (χ1n) is 13.4. The molecule has 0 spiro atoms.